The fraction of sp³-hybridized carbons (Fsp3) is 0.889. The van der Waals surface area contributed by atoms with Gasteiger partial charge < -0.3 is 10.1 Å². The van der Waals surface area contributed by atoms with Crippen LogP contribution in [0.2, 0.25) is 0 Å². The van der Waals surface area contributed by atoms with Crippen LogP contribution in [-0.2, 0) is 9.53 Å². The monoisotopic (exact) mass is 173 g/mol. The van der Waals surface area contributed by atoms with Crippen LogP contribution in [0.3, 0.4) is 0 Å². The quantitative estimate of drug-likeness (QED) is 0.658. The number of carbonyl (C=O) groups excluding carboxylic acids is 1. The highest BCUT2D eigenvalue weighted by Gasteiger charge is 2.05. The summed E-state index contributed by atoms with van der Waals surface area (Å²) in [4.78, 5) is 11.0. The number of ether oxygens (including phenoxy) is 1. The number of nitrogens with one attached hydrogen (secondary N) is 1. The van der Waals surface area contributed by atoms with E-state index < -0.39 is 0 Å². The lowest BCUT2D eigenvalue weighted by atomic mass is 10.1. The number of hydrogen-bond acceptors (Lipinski definition) is 2. The minimum Gasteiger partial charge on any atom is -0.375 e. The molecule has 0 aliphatic rings. The Hall–Kier alpha value is -0.570. The van der Waals surface area contributed by atoms with E-state index in [1.165, 1.54) is 13.5 Å². The van der Waals surface area contributed by atoms with Gasteiger partial charge >= 0.3 is 0 Å². The summed E-state index contributed by atoms with van der Waals surface area (Å²) < 4.78 is 4.70. The molecule has 1 unspecified atom stereocenters. The van der Waals surface area contributed by atoms with E-state index in [1.54, 1.807) is 0 Å². The lowest BCUT2D eigenvalue weighted by Gasteiger charge is -2.12. The smallest absolute Gasteiger partial charge is 0.246 e. The summed E-state index contributed by atoms with van der Waals surface area (Å²) in [6, 6.07) is 0.271. The molecule has 3 heteroatoms. The number of hydrogen-bond donors (Lipinski definition) is 1. The molecule has 12 heavy (non-hydrogen) atoms. The summed E-state index contributed by atoms with van der Waals surface area (Å²) >= 11 is 0. The normalized spacial score (nSPS) is 12.6. The third-order valence-corrected chi connectivity index (χ3v) is 1.67. The highest BCUT2D eigenvalue weighted by atomic mass is 16.5. The predicted octanol–water partition coefficient (Wildman–Crippen LogP) is 1.33. The largest absolute Gasteiger partial charge is 0.375 e. The Kier molecular flexibility index (Phi) is 6.76. The maximum absolute atomic E-state index is 11.0. The number of amides is 1. The zero-order valence-corrected chi connectivity index (χ0v) is 8.22. The molecule has 0 bridgehead atoms. The van der Waals surface area contributed by atoms with Gasteiger partial charge in [-0.3, -0.25) is 4.79 Å². The van der Waals surface area contributed by atoms with Crippen LogP contribution in [0.5, 0.6) is 0 Å². The van der Waals surface area contributed by atoms with Crippen molar-refractivity contribution in [2.75, 3.05) is 13.7 Å². The maximum Gasteiger partial charge on any atom is 0.246 e. The molecule has 1 amide bonds. The van der Waals surface area contributed by atoms with Crippen LogP contribution in [0.1, 0.15) is 33.1 Å². The van der Waals surface area contributed by atoms with Gasteiger partial charge in [-0.2, -0.15) is 0 Å². The molecule has 0 aromatic heterocycles. The summed E-state index contributed by atoms with van der Waals surface area (Å²) in [5.41, 5.74) is 0. The van der Waals surface area contributed by atoms with Crippen LogP contribution in [0.15, 0.2) is 0 Å². The first kappa shape index (κ1) is 11.4. The Labute approximate surface area is 74.5 Å². The third kappa shape index (κ3) is 6.16. The van der Waals surface area contributed by atoms with E-state index in [0.717, 1.165) is 12.8 Å². The second-order valence-corrected chi connectivity index (χ2v) is 3.04. The molecule has 1 N–H and O–H groups in total. The van der Waals surface area contributed by atoms with E-state index in [1.807, 2.05) is 6.92 Å². The molecule has 0 aliphatic heterocycles. The van der Waals surface area contributed by atoms with Crippen LogP contribution in [0, 0.1) is 0 Å². The molecule has 0 radical (unpaired) electrons. The van der Waals surface area contributed by atoms with Crippen molar-refractivity contribution in [2.45, 2.75) is 39.2 Å². The Balaban J connectivity index is 3.40. The van der Waals surface area contributed by atoms with Gasteiger partial charge in [0, 0.05) is 13.2 Å². The fourth-order valence-electron chi connectivity index (χ4n) is 1.03. The minimum atomic E-state index is -0.0268. The summed E-state index contributed by atoms with van der Waals surface area (Å²) in [6.45, 7) is 4.32. The molecule has 0 aliphatic carbocycles. The van der Waals surface area contributed by atoms with Crippen LogP contribution in [0.25, 0.3) is 0 Å². The maximum atomic E-state index is 11.0. The van der Waals surface area contributed by atoms with E-state index in [9.17, 15) is 4.79 Å². The van der Waals surface area contributed by atoms with E-state index in [0.29, 0.717) is 0 Å². The van der Waals surface area contributed by atoms with Gasteiger partial charge in [0.05, 0.1) is 0 Å². The van der Waals surface area contributed by atoms with Crippen LogP contribution >= 0.6 is 0 Å². The highest BCUT2D eigenvalue weighted by molar-refractivity contribution is 5.77. The van der Waals surface area contributed by atoms with Crippen molar-refractivity contribution >= 4 is 5.91 Å². The summed E-state index contributed by atoms with van der Waals surface area (Å²) in [6.07, 6.45) is 3.38. The van der Waals surface area contributed by atoms with Crippen LogP contribution in [-0.4, -0.2) is 25.7 Å². The molecule has 72 valence electrons. The van der Waals surface area contributed by atoms with Gasteiger partial charge in [0.25, 0.3) is 0 Å². The third-order valence-electron chi connectivity index (χ3n) is 1.67. The first-order chi connectivity index (χ1) is 5.70. The van der Waals surface area contributed by atoms with E-state index in [4.69, 9.17) is 4.74 Å². The first-order valence-corrected chi connectivity index (χ1v) is 4.49. The molecule has 1 atom stereocenters. The zero-order chi connectivity index (χ0) is 9.40. The van der Waals surface area contributed by atoms with Crippen molar-refractivity contribution in [3.05, 3.63) is 0 Å². The van der Waals surface area contributed by atoms with Crippen molar-refractivity contribution in [3.8, 4) is 0 Å². The number of rotatable bonds is 6. The summed E-state index contributed by atoms with van der Waals surface area (Å²) in [7, 11) is 1.52. The van der Waals surface area contributed by atoms with E-state index >= 15 is 0 Å². The highest BCUT2D eigenvalue weighted by Crippen LogP contribution is 1.98. The van der Waals surface area contributed by atoms with Crippen molar-refractivity contribution in [1.29, 1.82) is 0 Å². The van der Waals surface area contributed by atoms with Gasteiger partial charge in [-0.15, -0.1) is 0 Å². The Morgan fingerprint density at radius 3 is 2.75 bits per heavy atom. The molecule has 0 aromatic carbocycles. The average Bonchev–Trinajstić information content (AvgIpc) is 2.01. The lowest BCUT2D eigenvalue weighted by molar-refractivity contribution is -0.125. The van der Waals surface area contributed by atoms with Crippen molar-refractivity contribution in [3.63, 3.8) is 0 Å². The van der Waals surface area contributed by atoms with Gasteiger partial charge in [-0.25, -0.2) is 0 Å². The zero-order valence-electron chi connectivity index (χ0n) is 8.22. The van der Waals surface area contributed by atoms with Gasteiger partial charge in [0.15, 0.2) is 0 Å². The second kappa shape index (κ2) is 7.10. The molecule has 3 nitrogen and oxygen atoms in total. The molecule has 0 saturated carbocycles. The molecular weight excluding hydrogens is 154 g/mol. The molecular formula is C9H19NO2. The summed E-state index contributed by atoms with van der Waals surface area (Å²) in [5.74, 6) is -0.0268. The van der Waals surface area contributed by atoms with Crippen molar-refractivity contribution in [2.24, 2.45) is 0 Å². The Morgan fingerprint density at radius 2 is 2.25 bits per heavy atom. The summed E-state index contributed by atoms with van der Waals surface area (Å²) in [5, 5.41) is 2.85. The van der Waals surface area contributed by atoms with E-state index in [2.05, 4.69) is 12.2 Å². The van der Waals surface area contributed by atoms with E-state index in [-0.39, 0.29) is 18.6 Å². The average molecular weight is 173 g/mol. The van der Waals surface area contributed by atoms with Gasteiger partial charge in [0.1, 0.15) is 6.61 Å². The topological polar surface area (TPSA) is 38.3 Å². The molecule has 0 rings (SSSR count). The molecule has 0 spiro atoms. The number of carbonyl (C=O) groups is 1. The van der Waals surface area contributed by atoms with Crippen LogP contribution < -0.4 is 5.32 Å². The fourth-order valence-corrected chi connectivity index (χ4v) is 1.03. The first-order valence-electron chi connectivity index (χ1n) is 4.49. The predicted molar refractivity (Wildman–Crippen MR) is 49.0 cm³/mol. The number of methoxy groups -OCH3 is 1. The molecule has 0 fully saturated rings. The molecule has 0 aromatic rings. The Morgan fingerprint density at radius 1 is 1.58 bits per heavy atom. The van der Waals surface area contributed by atoms with Crippen molar-refractivity contribution in [1.82, 2.24) is 5.32 Å². The van der Waals surface area contributed by atoms with Gasteiger partial charge in [-0.05, 0) is 13.3 Å². The van der Waals surface area contributed by atoms with Gasteiger partial charge in [0.2, 0.25) is 5.91 Å². The Bertz CT molecular complexity index is 126. The minimum absolute atomic E-state index is 0.0268. The van der Waals surface area contributed by atoms with Crippen LogP contribution in [0.4, 0.5) is 0 Å². The number of unbranched alkanes of at least 4 members (excludes halogenated alkanes) is 1. The van der Waals surface area contributed by atoms with Gasteiger partial charge in [-0.1, -0.05) is 19.8 Å². The lowest BCUT2D eigenvalue weighted by Crippen LogP contribution is -2.34. The standard InChI is InChI=1S/C9H19NO2/c1-4-5-6-8(2)10-9(11)7-12-3/h8H,4-7H2,1-3H3,(H,10,11). The molecule has 0 heterocycles. The second-order valence-electron chi connectivity index (χ2n) is 3.04. The SMILES string of the molecule is CCCCC(C)NC(=O)COC. The molecule has 0 saturated heterocycles. The van der Waals surface area contributed by atoms with Crippen molar-refractivity contribution < 1.29 is 9.53 Å².